The van der Waals surface area contributed by atoms with Crippen molar-refractivity contribution in [2.75, 3.05) is 49.5 Å². The van der Waals surface area contributed by atoms with Crippen LogP contribution in [-0.2, 0) is 4.74 Å². The van der Waals surface area contributed by atoms with Crippen molar-refractivity contribution in [1.29, 1.82) is 0 Å². The van der Waals surface area contributed by atoms with Gasteiger partial charge in [-0.3, -0.25) is 0 Å². The summed E-state index contributed by atoms with van der Waals surface area (Å²) in [6, 6.07) is 9.61. The van der Waals surface area contributed by atoms with Crippen LogP contribution in [-0.4, -0.2) is 56.4 Å². The number of ether oxygens (including phenoxy) is 1. The van der Waals surface area contributed by atoms with Gasteiger partial charge in [-0.05, 0) is 56.2 Å². The van der Waals surface area contributed by atoms with Crippen LogP contribution in [0.15, 0.2) is 24.3 Å². The van der Waals surface area contributed by atoms with Crippen molar-refractivity contribution in [3.05, 3.63) is 24.3 Å². The largest absolute Gasteiger partial charge is 0.382 e. The number of hydrogen-bond donors (Lipinski definition) is 1. The summed E-state index contributed by atoms with van der Waals surface area (Å²) in [7, 11) is 0. The van der Waals surface area contributed by atoms with E-state index in [0.717, 1.165) is 13.2 Å². The molecule has 3 aliphatic rings. The Morgan fingerprint density at radius 3 is 2.76 bits per heavy atom. The van der Waals surface area contributed by atoms with Gasteiger partial charge in [0, 0.05) is 56.7 Å². The van der Waals surface area contributed by atoms with Crippen molar-refractivity contribution >= 4 is 11.4 Å². The van der Waals surface area contributed by atoms with Crippen molar-refractivity contribution < 1.29 is 4.74 Å². The number of nitrogens with zero attached hydrogens (tertiary/aromatic N) is 2. The first-order chi connectivity index (χ1) is 12.3. The lowest BCUT2D eigenvalue weighted by atomic mass is 9.93. The Bertz CT molecular complexity index is 552. The maximum absolute atomic E-state index is 5.81. The minimum Gasteiger partial charge on any atom is -0.382 e. The van der Waals surface area contributed by atoms with E-state index in [1.165, 1.54) is 69.7 Å². The zero-order valence-corrected chi connectivity index (χ0v) is 15.6. The molecule has 0 radical (unpaired) electrons. The first kappa shape index (κ1) is 17.2. The fourth-order valence-corrected chi connectivity index (χ4v) is 4.67. The summed E-state index contributed by atoms with van der Waals surface area (Å²) in [5, 5.41) is 3.82. The van der Waals surface area contributed by atoms with E-state index in [2.05, 4.69) is 46.3 Å². The van der Waals surface area contributed by atoms with E-state index in [1.807, 2.05) is 0 Å². The summed E-state index contributed by atoms with van der Waals surface area (Å²) < 4.78 is 5.81. The third kappa shape index (κ3) is 4.29. The van der Waals surface area contributed by atoms with Crippen LogP contribution in [0, 0.1) is 5.92 Å². The molecule has 0 bridgehead atoms. The van der Waals surface area contributed by atoms with Crippen molar-refractivity contribution in [3.63, 3.8) is 0 Å². The molecule has 4 heteroatoms. The molecule has 138 valence electrons. The monoisotopic (exact) mass is 343 g/mol. The summed E-state index contributed by atoms with van der Waals surface area (Å²) in [5.41, 5.74) is 2.67. The fraction of sp³-hybridized carbons (Fsp3) is 0.714. The van der Waals surface area contributed by atoms with Crippen molar-refractivity contribution in [2.24, 2.45) is 5.92 Å². The molecule has 0 aromatic heterocycles. The van der Waals surface area contributed by atoms with Crippen molar-refractivity contribution in [3.8, 4) is 0 Å². The predicted octanol–water partition coefficient (Wildman–Crippen LogP) is 3.59. The maximum Gasteiger partial charge on any atom is 0.0702 e. The fourth-order valence-electron chi connectivity index (χ4n) is 4.67. The second kappa shape index (κ2) is 7.96. The van der Waals surface area contributed by atoms with Crippen LogP contribution >= 0.6 is 0 Å². The van der Waals surface area contributed by atoms with Crippen LogP contribution in [0.3, 0.4) is 0 Å². The Hall–Kier alpha value is -1.26. The Morgan fingerprint density at radius 1 is 1.12 bits per heavy atom. The first-order valence-corrected chi connectivity index (χ1v) is 10.2. The Kier molecular flexibility index (Phi) is 5.47. The van der Waals surface area contributed by atoms with Gasteiger partial charge < -0.3 is 19.9 Å². The number of hydrogen-bond acceptors (Lipinski definition) is 4. The number of rotatable bonds is 5. The van der Waals surface area contributed by atoms with Crippen LogP contribution in [0.5, 0.6) is 0 Å². The highest BCUT2D eigenvalue weighted by Crippen LogP contribution is 2.27. The number of nitrogens with one attached hydrogen (secondary N) is 1. The molecule has 1 aromatic rings. The molecule has 25 heavy (non-hydrogen) atoms. The van der Waals surface area contributed by atoms with E-state index in [4.69, 9.17) is 4.74 Å². The molecule has 1 aromatic carbocycles. The smallest absolute Gasteiger partial charge is 0.0702 e. The summed E-state index contributed by atoms with van der Waals surface area (Å²) in [4.78, 5) is 5.12. The SMILES string of the molecule is C[C@@H]1CN(C[C@@H]2CCCO2)CC[C@@H]1Nc1cccc(N2CCCC2)c1. The first-order valence-electron chi connectivity index (χ1n) is 10.2. The van der Waals surface area contributed by atoms with Crippen LogP contribution in [0.1, 0.15) is 39.0 Å². The maximum atomic E-state index is 5.81. The highest BCUT2D eigenvalue weighted by atomic mass is 16.5. The summed E-state index contributed by atoms with van der Waals surface area (Å²) in [6.45, 7) is 9.27. The molecule has 0 aliphatic carbocycles. The van der Waals surface area contributed by atoms with Crippen LogP contribution < -0.4 is 10.2 Å². The molecule has 1 N–H and O–H groups in total. The lowest BCUT2D eigenvalue weighted by Gasteiger charge is -2.38. The van der Waals surface area contributed by atoms with E-state index < -0.39 is 0 Å². The molecule has 0 spiro atoms. The molecular weight excluding hydrogens is 310 g/mol. The van der Waals surface area contributed by atoms with Crippen molar-refractivity contribution in [1.82, 2.24) is 4.90 Å². The summed E-state index contributed by atoms with van der Waals surface area (Å²) >= 11 is 0. The second-order valence-electron chi connectivity index (χ2n) is 8.16. The minimum absolute atomic E-state index is 0.480. The van der Waals surface area contributed by atoms with Gasteiger partial charge in [-0.2, -0.15) is 0 Å². The molecule has 3 fully saturated rings. The quantitative estimate of drug-likeness (QED) is 0.884. The van der Waals surface area contributed by atoms with Crippen LogP contribution in [0.4, 0.5) is 11.4 Å². The van der Waals surface area contributed by atoms with E-state index in [0.29, 0.717) is 18.1 Å². The molecule has 3 atom stereocenters. The average molecular weight is 344 g/mol. The molecule has 0 unspecified atom stereocenters. The molecule has 4 nitrogen and oxygen atoms in total. The molecule has 0 amide bonds. The average Bonchev–Trinajstić information content (AvgIpc) is 3.31. The lowest BCUT2D eigenvalue weighted by Crippen LogP contribution is -2.47. The minimum atomic E-state index is 0.480. The third-order valence-corrected chi connectivity index (χ3v) is 6.14. The van der Waals surface area contributed by atoms with Crippen molar-refractivity contribution in [2.45, 2.75) is 51.2 Å². The van der Waals surface area contributed by atoms with E-state index in [1.54, 1.807) is 0 Å². The molecule has 3 saturated heterocycles. The highest BCUT2D eigenvalue weighted by molar-refractivity contribution is 5.58. The Labute approximate surface area is 152 Å². The van der Waals surface area contributed by atoms with Gasteiger partial charge in [0.05, 0.1) is 6.10 Å². The lowest BCUT2D eigenvalue weighted by molar-refractivity contribution is 0.0563. The summed E-state index contributed by atoms with van der Waals surface area (Å²) in [6.07, 6.45) is 6.85. The van der Waals surface area contributed by atoms with Crippen LogP contribution in [0.25, 0.3) is 0 Å². The third-order valence-electron chi connectivity index (χ3n) is 6.14. The normalized spacial score (nSPS) is 30.8. The zero-order chi connectivity index (χ0) is 17.1. The standard InChI is InChI=1S/C21H33N3O/c1-17-15-23(16-20-8-5-13-25-20)12-9-21(17)22-18-6-4-7-19(14-18)24-10-2-3-11-24/h4,6-7,14,17,20-22H,2-3,5,8-13,15-16H2,1H3/t17-,20+,21+/m1/s1. The predicted molar refractivity (Wildman–Crippen MR) is 104 cm³/mol. The molecule has 4 rings (SSSR count). The number of likely N-dealkylation sites (tertiary alicyclic amines) is 1. The summed E-state index contributed by atoms with van der Waals surface area (Å²) in [5.74, 6) is 0.672. The second-order valence-corrected chi connectivity index (χ2v) is 8.16. The van der Waals surface area contributed by atoms with Gasteiger partial charge in [-0.15, -0.1) is 0 Å². The molecule has 3 heterocycles. The van der Waals surface area contributed by atoms with Gasteiger partial charge >= 0.3 is 0 Å². The van der Waals surface area contributed by atoms with Crippen LogP contribution in [0.2, 0.25) is 0 Å². The van der Waals surface area contributed by atoms with Gasteiger partial charge in [-0.25, -0.2) is 0 Å². The van der Waals surface area contributed by atoms with E-state index >= 15 is 0 Å². The van der Waals surface area contributed by atoms with Gasteiger partial charge in [0.15, 0.2) is 0 Å². The van der Waals surface area contributed by atoms with Gasteiger partial charge in [0.1, 0.15) is 0 Å². The Morgan fingerprint density at radius 2 is 2.00 bits per heavy atom. The Balaban J connectivity index is 1.31. The highest BCUT2D eigenvalue weighted by Gasteiger charge is 2.28. The number of piperidine rings is 1. The number of anilines is 2. The molecular formula is C21H33N3O. The number of benzene rings is 1. The van der Waals surface area contributed by atoms with Gasteiger partial charge in [0.25, 0.3) is 0 Å². The van der Waals surface area contributed by atoms with Gasteiger partial charge in [0.2, 0.25) is 0 Å². The zero-order valence-electron chi connectivity index (χ0n) is 15.6. The van der Waals surface area contributed by atoms with E-state index in [9.17, 15) is 0 Å². The van der Waals surface area contributed by atoms with E-state index in [-0.39, 0.29) is 0 Å². The molecule has 0 saturated carbocycles. The molecule has 3 aliphatic heterocycles. The van der Waals surface area contributed by atoms with Gasteiger partial charge in [-0.1, -0.05) is 13.0 Å². The topological polar surface area (TPSA) is 27.7 Å².